The van der Waals surface area contributed by atoms with E-state index in [1.807, 2.05) is 39.8 Å². The predicted molar refractivity (Wildman–Crippen MR) is 263 cm³/mol. The molecule has 8 rings (SSSR count). The summed E-state index contributed by atoms with van der Waals surface area (Å²) in [7, 11) is -0.438. The lowest BCUT2D eigenvalue weighted by atomic mass is 9.79. The van der Waals surface area contributed by atoms with E-state index in [0.29, 0.717) is 77.3 Å². The highest BCUT2D eigenvalue weighted by Crippen LogP contribution is 2.38. The molecule has 8 heterocycles. The second-order valence-corrected chi connectivity index (χ2v) is 19.2. The SMILES string of the molecule is CC(O)c1cncc(-c2cnc3c(c2)CCCN3C(N)=O)c1Cl.CC(O)c1cncc(Br)c1Cl.CC1(C)OB(c2cnc3c(c2)CCCN3C(N)=O)OC1(C)C.O=Cc1cncc(Br)c1Cl. The third-order valence-corrected chi connectivity index (χ3v) is 14.0. The number of amides is 4. The van der Waals surface area contributed by atoms with E-state index < -0.39 is 31.4 Å². The van der Waals surface area contributed by atoms with Crippen LogP contribution >= 0.6 is 66.7 Å². The monoisotopic (exact) mass is 1090 g/mol. The van der Waals surface area contributed by atoms with Crippen LogP contribution in [0.2, 0.25) is 15.1 Å². The molecule has 6 N–H and O–H groups in total. The van der Waals surface area contributed by atoms with Crippen LogP contribution in [0, 0.1) is 0 Å². The van der Waals surface area contributed by atoms with E-state index in [2.05, 4.69) is 56.8 Å². The lowest BCUT2D eigenvalue weighted by Gasteiger charge is -2.32. The zero-order valence-electron chi connectivity index (χ0n) is 36.9. The lowest BCUT2D eigenvalue weighted by Crippen LogP contribution is -2.41. The van der Waals surface area contributed by atoms with Gasteiger partial charge in [0, 0.05) is 90.4 Å². The highest BCUT2D eigenvalue weighted by molar-refractivity contribution is 9.10. The minimum absolute atomic E-state index is 0.382. The molecule has 5 aromatic rings. The number of carbonyl (C=O) groups excluding carboxylic acids is 3. The number of hydrogen-bond acceptors (Lipinski definition) is 12. The van der Waals surface area contributed by atoms with Gasteiger partial charge in [0.05, 0.1) is 53.0 Å². The number of rotatable bonds is 5. The first kappa shape index (κ1) is 52.7. The number of aryl methyl sites for hydroxylation is 2. The Hall–Kier alpha value is -4.31. The van der Waals surface area contributed by atoms with E-state index in [4.69, 9.17) is 55.6 Å². The number of aldehydes is 1. The maximum absolute atomic E-state index is 11.5. The van der Waals surface area contributed by atoms with E-state index in [9.17, 15) is 24.6 Å². The Morgan fingerprint density at radius 3 is 1.68 bits per heavy atom. The largest absolute Gasteiger partial charge is 0.496 e. The second-order valence-electron chi connectivity index (χ2n) is 16.3. The first-order valence-corrected chi connectivity index (χ1v) is 23.3. The van der Waals surface area contributed by atoms with Crippen LogP contribution in [-0.2, 0) is 22.2 Å². The highest BCUT2D eigenvalue weighted by atomic mass is 79.9. The molecule has 0 radical (unpaired) electrons. The molecule has 2 atom stereocenters. The fourth-order valence-electron chi connectivity index (χ4n) is 6.83. The van der Waals surface area contributed by atoms with Crippen molar-refractivity contribution in [3.63, 3.8) is 0 Å². The van der Waals surface area contributed by atoms with Crippen molar-refractivity contribution in [3.8, 4) is 11.1 Å². The number of primary amides is 2. The number of urea groups is 2. The van der Waals surface area contributed by atoms with Crippen molar-refractivity contribution in [2.75, 3.05) is 22.9 Å². The van der Waals surface area contributed by atoms with Crippen LogP contribution in [0.5, 0.6) is 0 Å². The van der Waals surface area contributed by atoms with Crippen molar-refractivity contribution in [1.82, 2.24) is 24.9 Å². The molecule has 66 heavy (non-hydrogen) atoms. The molecule has 3 aliphatic rings. The van der Waals surface area contributed by atoms with E-state index >= 15 is 0 Å². The van der Waals surface area contributed by atoms with Crippen molar-refractivity contribution in [2.45, 2.75) is 90.6 Å². The van der Waals surface area contributed by atoms with Gasteiger partial charge < -0.3 is 31.0 Å². The number of aliphatic hydroxyl groups is 2. The van der Waals surface area contributed by atoms with Crippen LogP contribution < -0.4 is 26.7 Å². The lowest BCUT2D eigenvalue weighted by molar-refractivity contribution is 0.00578. The van der Waals surface area contributed by atoms with E-state index in [-0.39, 0.29) is 11.2 Å². The summed E-state index contributed by atoms with van der Waals surface area (Å²) < 4.78 is 13.4. The summed E-state index contributed by atoms with van der Waals surface area (Å²) in [4.78, 5) is 56.8. The average molecular weight is 1090 g/mol. The Morgan fingerprint density at radius 1 is 0.727 bits per heavy atom. The minimum atomic E-state index is -0.703. The van der Waals surface area contributed by atoms with Gasteiger partial charge in [0.25, 0.3) is 0 Å². The van der Waals surface area contributed by atoms with Crippen molar-refractivity contribution < 1.29 is 33.9 Å². The van der Waals surface area contributed by atoms with Crippen LogP contribution in [0.3, 0.4) is 0 Å². The zero-order valence-corrected chi connectivity index (χ0v) is 42.4. The van der Waals surface area contributed by atoms with Gasteiger partial charge in [-0.25, -0.2) is 19.6 Å². The Morgan fingerprint density at radius 2 is 1.20 bits per heavy atom. The molecule has 1 fully saturated rings. The molecule has 350 valence electrons. The number of aliphatic hydroxyl groups excluding tert-OH is 2. The molecular weight excluding hydrogens is 1040 g/mol. The number of halogens is 5. The molecule has 16 nitrogen and oxygen atoms in total. The Labute approximate surface area is 415 Å². The molecular formula is C44H49BBr2Cl3N9O7. The van der Waals surface area contributed by atoms with Crippen LogP contribution in [0.25, 0.3) is 11.1 Å². The standard InChI is InChI=1S/C16H17ClN4O2.C15H22BN3O3.C7H7BrClNO.C6H3BrClNO/c1-9(22)12-7-19-8-13(14(12)17)11-5-10-3-2-4-21(16(18)23)15(10)20-6-11;1-14(2)15(3,4)22-16(21-14)11-8-10-6-5-7-19(13(17)20)12(10)18-9-11;1-4(11)5-2-10-3-6(8)7(5)9;7-5-2-9-1-4(3-10)6(5)8/h5-9,22H,2-4H2,1H3,(H2,18,23);8-9H,5-7H2,1-4H3,(H2,17,20);2-4,11H,1H3;1-3H. The van der Waals surface area contributed by atoms with Crippen molar-refractivity contribution in [2.24, 2.45) is 11.5 Å². The Bertz CT molecular complexity index is 2560. The van der Waals surface area contributed by atoms with Gasteiger partial charge in [-0.1, -0.05) is 40.9 Å². The van der Waals surface area contributed by atoms with Crippen LogP contribution in [-0.4, -0.2) is 84.9 Å². The summed E-state index contributed by atoms with van der Waals surface area (Å²) in [5.74, 6) is 1.25. The summed E-state index contributed by atoms with van der Waals surface area (Å²) in [5, 5.41) is 20.3. The smallest absolute Gasteiger partial charge is 0.399 e. The molecule has 0 saturated carbocycles. The Kier molecular flexibility index (Phi) is 18.1. The highest BCUT2D eigenvalue weighted by Gasteiger charge is 2.52. The van der Waals surface area contributed by atoms with Gasteiger partial charge in [0.2, 0.25) is 0 Å². The fraction of sp³-hybridized carbons (Fsp3) is 0.364. The number of nitrogens with two attached hydrogens (primary N) is 2. The van der Waals surface area contributed by atoms with Gasteiger partial charge >= 0.3 is 19.2 Å². The molecule has 0 spiro atoms. The van der Waals surface area contributed by atoms with E-state index in [0.717, 1.165) is 47.8 Å². The van der Waals surface area contributed by atoms with Gasteiger partial charge in [0.1, 0.15) is 11.6 Å². The molecule has 22 heteroatoms. The molecule has 3 aliphatic heterocycles. The third kappa shape index (κ3) is 12.4. The number of carbonyl (C=O) groups is 3. The maximum atomic E-state index is 11.5. The quantitative estimate of drug-likeness (QED) is 0.0956. The molecule has 4 amide bonds. The van der Waals surface area contributed by atoms with Gasteiger partial charge in [-0.3, -0.25) is 29.5 Å². The van der Waals surface area contributed by atoms with Gasteiger partial charge in [-0.05, 0) is 116 Å². The summed E-state index contributed by atoms with van der Waals surface area (Å²) in [6.07, 6.45) is 15.5. The van der Waals surface area contributed by atoms with Crippen molar-refractivity contribution in [1.29, 1.82) is 0 Å². The average Bonchev–Trinajstić information content (AvgIpc) is 3.50. The van der Waals surface area contributed by atoms with Crippen LogP contribution in [0.1, 0.15) is 99.2 Å². The number of fused-ring (bicyclic) bond motifs is 2. The Balaban J connectivity index is 0.000000176. The van der Waals surface area contributed by atoms with Crippen molar-refractivity contribution >= 4 is 109 Å². The van der Waals surface area contributed by atoms with E-state index in [1.54, 1.807) is 51.0 Å². The van der Waals surface area contributed by atoms with Gasteiger partial charge in [-0.2, -0.15) is 0 Å². The van der Waals surface area contributed by atoms with E-state index in [1.165, 1.54) is 22.2 Å². The minimum Gasteiger partial charge on any atom is -0.399 e. The second kappa shape index (κ2) is 22.7. The van der Waals surface area contributed by atoms with Gasteiger partial charge in [-0.15, -0.1) is 0 Å². The predicted octanol–water partition coefficient (Wildman–Crippen LogP) is 8.75. The molecule has 5 aromatic heterocycles. The summed E-state index contributed by atoms with van der Waals surface area (Å²) in [6, 6.07) is 3.00. The normalized spacial score (nSPS) is 16.4. The third-order valence-electron chi connectivity index (χ3n) is 11.1. The van der Waals surface area contributed by atoms with Crippen molar-refractivity contribution in [3.05, 3.63) is 114 Å². The summed E-state index contributed by atoms with van der Waals surface area (Å²) >= 11 is 24.2. The topological polar surface area (TPSA) is 233 Å². The first-order valence-electron chi connectivity index (χ1n) is 20.6. The number of pyridine rings is 5. The van der Waals surface area contributed by atoms with Crippen LogP contribution in [0.15, 0.2) is 70.7 Å². The molecule has 0 aromatic carbocycles. The fourth-order valence-corrected chi connectivity index (χ4v) is 8.28. The number of aromatic nitrogens is 5. The molecule has 0 bridgehead atoms. The van der Waals surface area contributed by atoms with Gasteiger partial charge in [0.15, 0.2) is 6.29 Å². The number of hydrogen-bond donors (Lipinski definition) is 4. The zero-order chi connectivity index (χ0) is 48.7. The maximum Gasteiger partial charge on any atom is 0.496 e. The molecule has 2 unspecified atom stereocenters. The first-order chi connectivity index (χ1) is 31.1. The number of nitrogens with zero attached hydrogens (tertiary/aromatic N) is 7. The molecule has 0 aliphatic carbocycles. The van der Waals surface area contributed by atoms with Crippen LogP contribution in [0.4, 0.5) is 21.2 Å². The molecule has 1 saturated heterocycles. The number of anilines is 2. The summed E-state index contributed by atoms with van der Waals surface area (Å²) in [5.41, 5.74) is 16.0. The summed E-state index contributed by atoms with van der Waals surface area (Å²) in [6.45, 7) is 12.6.